The van der Waals surface area contributed by atoms with E-state index in [1.54, 1.807) is 19.2 Å². The molecule has 6 heteroatoms. The van der Waals surface area contributed by atoms with Crippen LogP contribution in [0.4, 0.5) is 5.69 Å². The molecule has 150 valence electrons. The monoisotopic (exact) mass is 428 g/mol. The molecule has 0 saturated heterocycles. The van der Waals surface area contributed by atoms with Crippen molar-refractivity contribution in [3.63, 3.8) is 0 Å². The summed E-state index contributed by atoms with van der Waals surface area (Å²) in [6.07, 6.45) is 0. The minimum Gasteiger partial charge on any atom is -0.495 e. The molecular weight excluding hydrogens is 407 g/mol. The van der Waals surface area contributed by atoms with Crippen molar-refractivity contribution >= 4 is 34.8 Å². The molecule has 1 atom stereocenters. The highest BCUT2D eigenvalue weighted by Crippen LogP contribution is 2.27. The molecule has 0 bridgehead atoms. The third kappa shape index (κ3) is 5.51. The van der Waals surface area contributed by atoms with Crippen molar-refractivity contribution < 1.29 is 9.53 Å². The molecule has 3 aromatic carbocycles. The highest BCUT2D eigenvalue weighted by Gasteiger charge is 2.21. The zero-order chi connectivity index (χ0) is 20.8. The Balaban J connectivity index is 1.84. The molecule has 0 aromatic heterocycles. The molecule has 0 fully saturated rings. The first kappa shape index (κ1) is 21.2. The number of carbonyl (C=O) groups excluding carboxylic acids is 1. The second kappa shape index (κ2) is 9.79. The third-order valence-corrected chi connectivity index (χ3v) is 5.11. The smallest absolute Gasteiger partial charge is 0.246 e. The van der Waals surface area contributed by atoms with Crippen LogP contribution in [0, 0.1) is 6.92 Å². The van der Waals surface area contributed by atoms with E-state index < -0.39 is 6.04 Å². The van der Waals surface area contributed by atoms with Crippen LogP contribution in [0.3, 0.4) is 0 Å². The summed E-state index contributed by atoms with van der Waals surface area (Å²) < 4.78 is 5.38. The Labute approximate surface area is 180 Å². The number of hydrogen-bond donors (Lipinski definition) is 2. The lowest BCUT2D eigenvalue weighted by Crippen LogP contribution is -2.33. The Morgan fingerprint density at radius 1 is 1.03 bits per heavy atom. The summed E-state index contributed by atoms with van der Waals surface area (Å²) in [5.41, 5.74) is 3.36. The standard InChI is InChI=1S/C23H22Cl2N2O2/c1-15-8-11-21(29-2)20(12-15)27-23(28)22(16-6-4-3-5-7-16)26-14-17-9-10-18(24)13-19(17)25/h3-13,22,26H,14H2,1-2H3,(H,27,28). The van der Waals surface area contributed by atoms with Crippen molar-refractivity contribution in [2.75, 3.05) is 12.4 Å². The van der Waals surface area contributed by atoms with Gasteiger partial charge in [-0.1, -0.05) is 65.7 Å². The van der Waals surface area contributed by atoms with Gasteiger partial charge in [0.1, 0.15) is 11.8 Å². The number of aryl methyl sites for hydroxylation is 1. The van der Waals surface area contributed by atoms with Crippen molar-refractivity contribution in [2.24, 2.45) is 0 Å². The van der Waals surface area contributed by atoms with Gasteiger partial charge in [0.25, 0.3) is 0 Å². The molecule has 4 nitrogen and oxygen atoms in total. The fourth-order valence-electron chi connectivity index (χ4n) is 3.01. The van der Waals surface area contributed by atoms with Gasteiger partial charge in [0, 0.05) is 16.6 Å². The minimum atomic E-state index is -0.576. The quantitative estimate of drug-likeness (QED) is 0.501. The number of benzene rings is 3. The molecule has 1 amide bonds. The van der Waals surface area contributed by atoms with Gasteiger partial charge in [-0.2, -0.15) is 0 Å². The van der Waals surface area contributed by atoms with Crippen LogP contribution in [0.1, 0.15) is 22.7 Å². The lowest BCUT2D eigenvalue weighted by atomic mass is 10.1. The molecular formula is C23H22Cl2N2O2. The van der Waals surface area contributed by atoms with E-state index in [1.807, 2.05) is 61.5 Å². The average molecular weight is 429 g/mol. The van der Waals surface area contributed by atoms with Gasteiger partial charge in [0.2, 0.25) is 5.91 Å². The van der Waals surface area contributed by atoms with Gasteiger partial charge in [0.15, 0.2) is 0 Å². The number of nitrogens with one attached hydrogen (secondary N) is 2. The molecule has 3 aromatic rings. The predicted molar refractivity (Wildman–Crippen MR) is 119 cm³/mol. The van der Waals surface area contributed by atoms with Gasteiger partial charge in [0.05, 0.1) is 12.8 Å². The normalized spacial score (nSPS) is 11.7. The maximum atomic E-state index is 13.2. The first-order chi connectivity index (χ1) is 14.0. The van der Waals surface area contributed by atoms with E-state index in [-0.39, 0.29) is 5.91 Å². The van der Waals surface area contributed by atoms with E-state index in [9.17, 15) is 4.79 Å². The number of carbonyl (C=O) groups is 1. The van der Waals surface area contributed by atoms with E-state index >= 15 is 0 Å². The van der Waals surface area contributed by atoms with Gasteiger partial charge >= 0.3 is 0 Å². The number of halogens is 2. The van der Waals surface area contributed by atoms with Crippen LogP contribution in [0.5, 0.6) is 5.75 Å². The summed E-state index contributed by atoms with van der Waals surface area (Å²) in [7, 11) is 1.58. The summed E-state index contributed by atoms with van der Waals surface area (Å²) in [4.78, 5) is 13.2. The van der Waals surface area contributed by atoms with Crippen LogP contribution >= 0.6 is 23.2 Å². The first-order valence-corrected chi connectivity index (χ1v) is 9.91. The zero-order valence-corrected chi connectivity index (χ0v) is 17.7. The van der Waals surface area contributed by atoms with Gasteiger partial charge in [-0.05, 0) is 47.9 Å². The molecule has 3 rings (SSSR count). The van der Waals surface area contributed by atoms with Gasteiger partial charge < -0.3 is 10.1 Å². The number of rotatable bonds is 7. The molecule has 0 aliphatic carbocycles. The number of anilines is 1. The number of methoxy groups -OCH3 is 1. The molecule has 0 heterocycles. The van der Waals surface area contributed by atoms with E-state index in [1.165, 1.54) is 0 Å². The molecule has 0 aliphatic heterocycles. The molecule has 2 N–H and O–H groups in total. The Hall–Kier alpha value is -2.53. The topological polar surface area (TPSA) is 50.4 Å². The van der Waals surface area contributed by atoms with E-state index in [0.29, 0.717) is 28.0 Å². The second-order valence-electron chi connectivity index (χ2n) is 6.65. The van der Waals surface area contributed by atoms with Crippen LogP contribution in [0.15, 0.2) is 66.7 Å². The Morgan fingerprint density at radius 2 is 1.79 bits per heavy atom. The van der Waals surface area contributed by atoms with Crippen molar-refractivity contribution in [2.45, 2.75) is 19.5 Å². The second-order valence-corrected chi connectivity index (χ2v) is 7.50. The molecule has 0 aliphatic rings. The van der Waals surface area contributed by atoms with Crippen LogP contribution in [-0.2, 0) is 11.3 Å². The van der Waals surface area contributed by atoms with E-state index in [2.05, 4.69) is 10.6 Å². The summed E-state index contributed by atoms with van der Waals surface area (Å²) in [6, 6.07) is 19.9. The average Bonchev–Trinajstić information content (AvgIpc) is 2.70. The number of amides is 1. The predicted octanol–water partition coefficient (Wildman–Crippen LogP) is 5.78. The van der Waals surface area contributed by atoms with Crippen LogP contribution in [0.25, 0.3) is 0 Å². The van der Waals surface area contributed by atoms with E-state index in [0.717, 1.165) is 16.7 Å². The highest BCUT2D eigenvalue weighted by molar-refractivity contribution is 6.35. The maximum Gasteiger partial charge on any atom is 0.246 e. The minimum absolute atomic E-state index is 0.190. The molecule has 0 spiro atoms. The molecule has 1 unspecified atom stereocenters. The van der Waals surface area contributed by atoms with Crippen LogP contribution in [0.2, 0.25) is 10.0 Å². The van der Waals surface area contributed by atoms with Crippen LogP contribution in [-0.4, -0.2) is 13.0 Å². The summed E-state index contributed by atoms with van der Waals surface area (Å²) in [5, 5.41) is 7.41. The highest BCUT2D eigenvalue weighted by atomic mass is 35.5. The third-order valence-electron chi connectivity index (χ3n) is 4.52. The summed E-state index contributed by atoms with van der Waals surface area (Å²) in [6.45, 7) is 2.37. The lowest BCUT2D eigenvalue weighted by Gasteiger charge is -2.20. The van der Waals surface area contributed by atoms with Crippen molar-refractivity contribution in [3.05, 3.63) is 93.5 Å². The van der Waals surface area contributed by atoms with Gasteiger partial charge in [-0.3, -0.25) is 10.1 Å². The summed E-state index contributed by atoms with van der Waals surface area (Å²) in [5.74, 6) is 0.418. The number of ether oxygens (including phenoxy) is 1. The van der Waals surface area contributed by atoms with Crippen molar-refractivity contribution in [3.8, 4) is 5.75 Å². The Kier molecular flexibility index (Phi) is 7.15. The van der Waals surface area contributed by atoms with E-state index in [4.69, 9.17) is 27.9 Å². The van der Waals surface area contributed by atoms with Crippen LogP contribution < -0.4 is 15.4 Å². The van der Waals surface area contributed by atoms with Crippen molar-refractivity contribution in [1.29, 1.82) is 0 Å². The first-order valence-electron chi connectivity index (χ1n) is 9.15. The molecule has 0 radical (unpaired) electrons. The fourth-order valence-corrected chi connectivity index (χ4v) is 3.48. The maximum absolute atomic E-state index is 13.2. The lowest BCUT2D eigenvalue weighted by molar-refractivity contribution is -0.118. The number of hydrogen-bond acceptors (Lipinski definition) is 3. The Morgan fingerprint density at radius 3 is 2.48 bits per heavy atom. The van der Waals surface area contributed by atoms with Crippen molar-refractivity contribution in [1.82, 2.24) is 5.32 Å². The van der Waals surface area contributed by atoms with Gasteiger partial charge in [-0.25, -0.2) is 0 Å². The Bertz CT molecular complexity index is 993. The van der Waals surface area contributed by atoms with Gasteiger partial charge in [-0.15, -0.1) is 0 Å². The fraction of sp³-hybridized carbons (Fsp3) is 0.174. The molecule has 29 heavy (non-hydrogen) atoms. The SMILES string of the molecule is COc1ccc(C)cc1NC(=O)C(NCc1ccc(Cl)cc1Cl)c1ccccc1. The molecule has 0 saturated carbocycles. The largest absolute Gasteiger partial charge is 0.495 e. The zero-order valence-electron chi connectivity index (χ0n) is 16.2. The summed E-state index contributed by atoms with van der Waals surface area (Å²) >= 11 is 12.3.